The van der Waals surface area contributed by atoms with Gasteiger partial charge in [-0.05, 0) is 51.3 Å². The first-order valence-corrected chi connectivity index (χ1v) is 11.9. The summed E-state index contributed by atoms with van der Waals surface area (Å²) in [6, 6.07) is 1.52. The number of halogens is 2. The number of ketones is 1. The molecule has 2 aliphatic rings. The third-order valence-electron chi connectivity index (χ3n) is 5.60. The van der Waals surface area contributed by atoms with Crippen LogP contribution in [0.1, 0.15) is 45.2 Å². The van der Waals surface area contributed by atoms with E-state index < -0.39 is 69.4 Å². The second kappa shape index (κ2) is 10.4. The number of rotatable bonds is 7. The van der Waals surface area contributed by atoms with E-state index in [-0.39, 0.29) is 18.8 Å². The molecule has 34 heavy (non-hydrogen) atoms. The second-order valence-electron chi connectivity index (χ2n) is 9.11. The molecule has 1 aromatic rings. The minimum Gasteiger partial charge on any atom is -0.381 e. The van der Waals surface area contributed by atoms with Crippen molar-refractivity contribution < 1.29 is 36.9 Å². The molecule has 0 radical (unpaired) electrons. The maximum atomic E-state index is 15.7. The van der Waals surface area contributed by atoms with Crippen LogP contribution in [0, 0.1) is 11.7 Å². The number of barbiturate groups is 1. The molecule has 2 saturated heterocycles. The number of nitrogens with zero attached hydrogens (tertiary/aromatic N) is 1. The maximum absolute atomic E-state index is 15.7. The quantitative estimate of drug-likeness (QED) is 0.551. The standard InChI is InChI=1S/C22H27F2N3O6S/c1-22(2,3)34(32)26-17(12-5-4-6-13(23)11-12)16(24)18(28)15-19(29)25-21(31)27(20(15)30)14-7-9-33-10-8-14/h4-6,11,14-17,26H,7-10H2,1-3H3,(H,25,29,31)/t15?,16-,17-,34-/m0/s1. The molecule has 0 bridgehead atoms. The molecular weight excluding hydrogens is 472 g/mol. The van der Waals surface area contributed by atoms with Gasteiger partial charge in [-0.2, -0.15) is 0 Å². The topological polar surface area (TPSA) is 122 Å². The molecule has 9 nitrogen and oxygen atoms in total. The normalized spacial score (nSPS) is 22.8. The Morgan fingerprint density at radius 1 is 1.24 bits per heavy atom. The van der Waals surface area contributed by atoms with Gasteiger partial charge in [0.1, 0.15) is 5.82 Å². The number of benzene rings is 1. The number of ether oxygens (including phenoxy) is 1. The van der Waals surface area contributed by atoms with E-state index in [2.05, 4.69) is 4.72 Å². The summed E-state index contributed by atoms with van der Waals surface area (Å²) in [7, 11) is -1.88. The molecular formula is C22H27F2N3O6S. The van der Waals surface area contributed by atoms with Crippen LogP contribution in [0.15, 0.2) is 24.3 Å². The van der Waals surface area contributed by atoms with E-state index in [0.29, 0.717) is 12.8 Å². The first-order chi connectivity index (χ1) is 15.9. The fourth-order valence-electron chi connectivity index (χ4n) is 3.74. The lowest BCUT2D eigenvalue weighted by molar-refractivity contribution is -0.151. The lowest BCUT2D eigenvalue weighted by atomic mass is 9.89. The van der Waals surface area contributed by atoms with Crippen LogP contribution >= 0.6 is 0 Å². The van der Waals surface area contributed by atoms with E-state index in [1.54, 1.807) is 20.8 Å². The fraction of sp³-hybridized carbons (Fsp3) is 0.545. The molecule has 0 aromatic heterocycles. The van der Waals surface area contributed by atoms with Crippen LogP contribution < -0.4 is 10.0 Å². The lowest BCUT2D eigenvalue weighted by Gasteiger charge is -2.37. The molecule has 2 N–H and O–H groups in total. The zero-order chi connectivity index (χ0) is 25.2. The molecule has 12 heteroatoms. The molecule has 4 amide bonds. The van der Waals surface area contributed by atoms with Gasteiger partial charge in [-0.1, -0.05) is 12.1 Å². The third-order valence-corrected chi connectivity index (χ3v) is 7.18. The van der Waals surface area contributed by atoms with Gasteiger partial charge in [0, 0.05) is 19.3 Å². The van der Waals surface area contributed by atoms with Gasteiger partial charge in [0.25, 0.3) is 5.91 Å². The highest BCUT2D eigenvalue weighted by atomic mass is 32.2. The van der Waals surface area contributed by atoms with Crippen molar-refractivity contribution in [3.63, 3.8) is 0 Å². The summed E-state index contributed by atoms with van der Waals surface area (Å²) in [5.74, 6) is -6.60. The largest absolute Gasteiger partial charge is 0.381 e. The summed E-state index contributed by atoms with van der Waals surface area (Å²) in [5, 5.41) is 1.95. The maximum Gasteiger partial charge on any atom is 0.331 e. The van der Waals surface area contributed by atoms with Crippen LogP contribution in [0.5, 0.6) is 0 Å². The minimum absolute atomic E-state index is 0.0283. The first kappa shape index (κ1) is 26.0. The molecule has 1 aromatic carbocycles. The Morgan fingerprint density at radius 2 is 1.88 bits per heavy atom. The van der Waals surface area contributed by atoms with Crippen LogP contribution in [0.3, 0.4) is 0 Å². The summed E-state index contributed by atoms with van der Waals surface area (Å²) in [5.41, 5.74) is -0.0283. The Kier molecular flexibility index (Phi) is 7.94. The average molecular weight is 500 g/mol. The van der Waals surface area contributed by atoms with E-state index >= 15 is 4.39 Å². The zero-order valence-electron chi connectivity index (χ0n) is 19.0. The van der Waals surface area contributed by atoms with Crippen molar-refractivity contribution in [3.05, 3.63) is 35.6 Å². The van der Waals surface area contributed by atoms with Crippen molar-refractivity contribution in [1.29, 1.82) is 0 Å². The predicted molar refractivity (Wildman–Crippen MR) is 118 cm³/mol. The van der Waals surface area contributed by atoms with Gasteiger partial charge in [-0.3, -0.25) is 24.6 Å². The molecule has 0 saturated carbocycles. The Labute approximate surface area is 198 Å². The summed E-state index contributed by atoms with van der Waals surface area (Å²) < 4.78 is 49.1. The summed E-state index contributed by atoms with van der Waals surface area (Å²) in [4.78, 5) is 51.8. The van der Waals surface area contributed by atoms with Crippen molar-refractivity contribution in [2.75, 3.05) is 13.2 Å². The van der Waals surface area contributed by atoms with Crippen molar-refractivity contribution >= 4 is 34.6 Å². The van der Waals surface area contributed by atoms with E-state index in [1.165, 1.54) is 12.1 Å². The number of carbonyl (C=O) groups is 4. The molecule has 0 aliphatic carbocycles. The summed E-state index contributed by atoms with van der Waals surface area (Å²) in [6.07, 6.45) is -1.92. The Morgan fingerprint density at radius 3 is 2.47 bits per heavy atom. The molecule has 2 fully saturated rings. The summed E-state index contributed by atoms with van der Waals surface area (Å²) >= 11 is 0. The Hall–Kier alpha value is -2.57. The van der Waals surface area contributed by atoms with Crippen LogP contribution in [0.4, 0.5) is 13.6 Å². The van der Waals surface area contributed by atoms with Crippen LogP contribution in [-0.4, -0.2) is 62.9 Å². The SMILES string of the molecule is CC(C)(C)[S@](=O)N[C@@H](c1cccc(F)c1)[C@H](F)C(=O)C1C(=O)NC(=O)N(C2CCOCC2)C1=O. The number of urea groups is 1. The van der Waals surface area contributed by atoms with Crippen molar-refractivity contribution in [2.45, 2.75) is 56.6 Å². The number of nitrogens with one attached hydrogen (secondary N) is 2. The number of hydrogen-bond donors (Lipinski definition) is 2. The lowest BCUT2D eigenvalue weighted by Crippen LogP contribution is -2.64. The highest BCUT2D eigenvalue weighted by molar-refractivity contribution is 7.84. The monoisotopic (exact) mass is 499 g/mol. The Bertz CT molecular complexity index is 1010. The molecule has 1 unspecified atom stereocenters. The van der Waals surface area contributed by atoms with Gasteiger partial charge in [-0.25, -0.2) is 22.5 Å². The molecule has 2 heterocycles. The zero-order valence-corrected chi connectivity index (χ0v) is 19.8. The van der Waals surface area contributed by atoms with Gasteiger partial charge in [0.2, 0.25) is 5.91 Å². The first-order valence-electron chi connectivity index (χ1n) is 10.8. The van der Waals surface area contributed by atoms with Crippen LogP contribution in [-0.2, 0) is 30.1 Å². The van der Waals surface area contributed by atoms with E-state index in [4.69, 9.17) is 4.74 Å². The van der Waals surface area contributed by atoms with E-state index in [9.17, 15) is 27.8 Å². The van der Waals surface area contributed by atoms with Gasteiger partial charge in [0.15, 0.2) is 17.9 Å². The fourth-order valence-corrected chi connectivity index (χ4v) is 4.58. The number of amides is 4. The molecule has 3 rings (SSSR count). The average Bonchev–Trinajstić information content (AvgIpc) is 2.76. The highest BCUT2D eigenvalue weighted by Crippen LogP contribution is 2.28. The smallest absolute Gasteiger partial charge is 0.331 e. The molecule has 2 aliphatic heterocycles. The van der Waals surface area contributed by atoms with Crippen molar-refractivity contribution in [3.8, 4) is 0 Å². The minimum atomic E-state index is -2.54. The van der Waals surface area contributed by atoms with Gasteiger partial charge >= 0.3 is 6.03 Å². The second-order valence-corrected chi connectivity index (χ2v) is 11.1. The van der Waals surface area contributed by atoms with Crippen LogP contribution in [0.2, 0.25) is 0 Å². The van der Waals surface area contributed by atoms with Crippen molar-refractivity contribution in [2.24, 2.45) is 5.92 Å². The number of Topliss-reactive ketones (excluding diaryl/α,β-unsaturated/α-hetero) is 1. The van der Waals surface area contributed by atoms with Crippen molar-refractivity contribution in [1.82, 2.24) is 14.9 Å². The number of alkyl halides is 1. The van der Waals surface area contributed by atoms with Gasteiger partial charge in [0.05, 0.1) is 21.8 Å². The third kappa shape index (κ3) is 5.56. The molecule has 186 valence electrons. The Balaban J connectivity index is 1.91. The molecule has 4 atom stereocenters. The number of hydrogen-bond acceptors (Lipinski definition) is 6. The highest BCUT2D eigenvalue weighted by Gasteiger charge is 2.50. The van der Waals surface area contributed by atoms with E-state index in [1.807, 2.05) is 5.32 Å². The predicted octanol–water partition coefficient (Wildman–Crippen LogP) is 1.70. The van der Waals surface area contributed by atoms with E-state index in [0.717, 1.165) is 17.0 Å². The van der Waals surface area contributed by atoms with Crippen LogP contribution in [0.25, 0.3) is 0 Å². The number of imide groups is 2. The molecule has 0 spiro atoms. The van der Waals surface area contributed by atoms with Gasteiger partial charge in [-0.15, -0.1) is 0 Å². The van der Waals surface area contributed by atoms with Gasteiger partial charge < -0.3 is 4.74 Å². The summed E-state index contributed by atoms with van der Waals surface area (Å²) in [6.45, 7) is 5.41. The number of carbonyl (C=O) groups excluding carboxylic acids is 4.